The Morgan fingerprint density at radius 1 is 1.20 bits per heavy atom. The first kappa shape index (κ1) is 14.2. The monoisotopic (exact) mass is 291 g/mol. The van der Waals surface area contributed by atoms with E-state index < -0.39 is 5.91 Å². The molecule has 2 aromatic rings. The van der Waals surface area contributed by atoms with Crippen LogP contribution in [0.25, 0.3) is 0 Å². The van der Waals surface area contributed by atoms with Crippen molar-refractivity contribution in [2.75, 3.05) is 7.11 Å². The summed E-state index contributed by atoms with van der Waals surface area (Å²) in [4.78, 5) is 11.2. The van der Waals surface area contributed by atoms with Gasteiger partial charge in [-0.05, 0) is 30.3 Å². The van der Waals surface area contributed by atoms with Crippen LogP contribution in [0.5, 0.6) is 11.5 Å². The number of hydrogen-bond acceptors (Lipinski definition) is 3. The van der Waals surface area contributed by atoms with Gasteiger partial charge in [0.25, 0.3) is 0 Å². The lowest BCUT2D eigenvalue weighted by molar-refractivity contribution is 0.1000. The van der Waals surface area contributed by atoms with Gasteiger partial charge in [-0.1, -0.05) is 23.7 Å². The van der Waals surface area contributed by atoms with E-state index in [9.17, 15) is 4.79 Å². The smallest absolute Gasteiger partial charge is 0.248 e. The predicted octanol–water partition coefficient (Wildman–Crippen LogP) is 3.03. The number of ether oxygens (including phenoxy) is 2. The molecule has 0 aliphatic carbocycles. The van der Waals surface area contributed by atoms with Gasteiger partial charge in [0.1, 0.15) is 18.1 Å². The fourth-order valence-corrected chi connectivity index (χ4v) is 1.95. The third-order valence-electron chi connectivity index (χ3n) is 2.78. The number of primary amides is 1. The van der Waals surface area contributed by atoms with Gasteiger partial charge >= 0.3 is 0 Å². The Morgan fingerprint density at radius 3 is 2.60 bits per heavy atom. The standard InChI is InChI=1S/C15H14ClNO3/c1-19-13-7-6-10(15(17)18)8-11(13)9-20-14-5-3-2-4-12(14)16/h2-8H,9H2,1H3,(H2,17,18). The molecule has 2 N–H and O–H groups in total. The second-order valence-corrected chi connectivity index (χ2v) is 4.52. The molecule has 5 heteroatoms. The van der Waals surface area contributed by atoms with Crippen LogP contribution in [-0.2, 0) is 6.61 Å². The van der Waals surface area contributed by atoms with E-state index in [1.165, 1.54) is 0 Å². The molecule has 20 heavy (non-hydrogen) atoms. The van der Waals surface area contributed by atoms with Crippen molar-refractivity contribution in [3.63, 3.8) is 0 Å². The van der Waals surface area contributed by atoms with Crippen molar-refractivity contribution in [3.05, 3.63) is 58.6 Å². The number of benzene rings is 2. The van der Waals surface area contributed by atoms with Gasteiger partial charge in [-0.3, -0.25) is 4.79 Å². The molecule has 2 aromatic carbocycles. The molecule has 0 fully saturated rings. The minimum Gasteiger partial charge on any atom is -0.496 e. The average molecular weight is 292 g/mol. The summed E-state index contributed by atoms with van der Waals surface area (Å²) in [6.45, 7) is 0.230. The molecule has 104 valence electrons. The number of carbonyl (C=O) groups excluding carboxylic acids is 1. The molecule has 0 saturated heterocycles. The molecule has 0 saturated carbocycles. The minimum atomic E-state index is -0.494. The number of methoxy groups -OCH3 is 1. The molecule has 0 aliphatic heterocycles. The van der Waals surface area contributed by atoms with E-state index in [-0.39, 0.29) is 6.61 Å². The van der Waals surface area contributed by atoms with Crippen LogP contribution in [0.3, 0.4) is 0 Å². The number of carbonyl (C=O) groups is 1. The first-order valence-corrected chi connectivity index (χ1v) is 6.33. The largest absolute Gasteiger partial charge is 0.496 e. The van der Waals surface area contributed by atoms with E-state index in [2.05, 4.69) is 0 Å². The molecule has 0 aromatic heterocycles. The summed E-state index contributed by atoms with van der Waals surface area (Å²) in [5.74, 6) is 0.703. The predicted molar refractivity (Wildman–Crippen MR) is 77.3 cm³/mol. The van der Waals surface area contributed by atoms with Crippen molar-refractivity contribution in [2.24, 2.45) is 5.73 Å². The summed E-state index contributed by atoms with van der Waals surface area (Å²) in [7, 11) is 1.55. The topological polar surface area (TPSA) is 61.5 Å². The molecule has 0 atom stereocenters. The van der Waals surface area contributed by atoms with Crippen molar-refractivity contribution < 1.29 is 14.3 Å². The molecule has 0 aliphatic rings. The van der Waals surface area contributed by atoms with Gasteiger partial charge in [-0.15, -0.1) is 0 Å². The Kier molecular flexibility index (Phi) is 4.48. The summed E-state index contributed by atoms with van der Waals surface area (Å²) in [6.07, 6.45) is 0. The maximum atomic E-state index is 11.2. The minimum absolute atomic E-state index is 0.230. The first-order valence-electron chi connectivity index (χ1n) is 5.96. The highest BCUT2D eigenvalue weighted by Gasteiger charge is 2.09. The van der Waals surface area contributed by atoms with Crippen molar-refractivity contribution >= 4 is 17.5 Å². The van der Waals surface area contributed by atoms with Gasteiger partial charge in [-0.25, -0.2) is 0 Å². The lowest BCUT2D eigenvalue weighted by Crippen LogP contribution is -2.12. The molecule has 0 spiro atoms. The quantitative estimate of drug-likeness (QED) is 0.921. The average Bonchev–Trinajstić information content (AvgIpc) is 2.46. The SMILES string of the molecule is COc1ccc(C(N)=O)cc1COc1ccccc1Cl. The number of nitrogens with two attached hydrogens (primary N) is 1. The van der Waals surface area contributed by atoms with Crippen LogP contribution in [-0.4, -0.2) is 13.0 Å². The van der Waals surface area contributed by atoms with Crippen LogP contribution in [0.4, 0.5) is 0 Å². The van der Waals surface area contributed by atoms with Crippen molar-refractivity contribution in [1.29, 1.82) is 0 Å². The van der Waals surface area contributed by atoms with E-state index in [1.54, 1.807) is 37.4 Å². The van der Waals surface area contributed by atoms with Crippen LogP contribution in [0.1, 0.15) is 15.9 Å². The fraction of sp³-hybridized carbons (Fsp3) is 0.133. The molecule has 0 heterocycles. The molecular formula is C15H14ClNO3. The molecule has 0 unspecified atom stereocenters. The van der Waals surface area contributed by atoms with Crippen molar-refractivity contribution in [2.45, 2.75) is 6.61 Å². The summed E-state index contributed by atoms with van der Waals surface area (Å²) < 4.78 is 10.9. The number of rotatable bonds is 5. The molecule has 4 nitrogen and oxygen atoms in total. The Bertz CT molecular complexity index is 628. The zero-order valence-corrected chi connectivity index (χ0v) is 11.7. The first-order chi connectivity index (χ1) is 9.61. The Labute approximate surface area is 122 Å². The second-order valence-electron chi connectivity index (χ2n) is 4.11. The number of amides is 1. The van der Waals surface area contributed by atoms with Crippen LogP contribution in [0, 0.1) is 0 Å². The number of halogens is 1. The van der Waals surface area contributed by atoms with Crippen LogP contribution in [0.2, 0.25) is 5.02 Å². The van der Waals surface area contributed by atoms with Gasteiger partial charge in [0.15, 0.2) is 0 Å². The van der Waals surface area contributed by atoms with Gasteiger partial charge in [0.05, 0.1) is 12.1 Å². The summed E-state index contributed by atoms with van der Waals surface area (Å²) in [5, 5.41) is 0.525. The lowest BCUT2D eigenvalue weighted by Gasteiger charge is -2.12. The maximum absolute atomic E-state index is 11.2. The summed E-state index contributed by atoms with van der Waals surface area (Å²) in [5.41, 5.74) is 6.40. The summed E-state index contributed by atoms with van der Waals surface area (Å²) >= 11 is 6.02. The fourth-order valence-electron chi connectivity index (χ4n) is 1.76. The summed E-state index contributed by atoms with van der Waals surface area (Å²) in [6, 6.07) is 12.1. The molecule has 0 bridgehead atoms. The van der Waals surface area contributed by atoms with E-state index in [0.717, 1.165) is 5.56 Å². The Morgan fingerprint density at radius 2 is 1.95 bits per heavy atom. The van der Waals surface area contributed by atoms with Crippen LogP contribution in [0.15, 0.2) is 42.5 Å². The molecule has 1 amide bonds. The maximum Gasteiger partial charge on any atom is 0.248 e. The Hall–Kier alpha value is -2.20. The normalized spacial score (nSPS) is 10.1. The van der Waals surface area contributed by atoms with Crippen molar-refractivity contribution in [1.82, 2.24) is 0 Å². The van der Waals surface area contributed by atoms with Gasteiger partial charge < -0.3 is 15.2 Å². The van der Waals surface area contributed by atoms with Gasteiger partial charge in [-0.2, -0.15) is 0 Å². The van der Waals surface area contributed by atoms with E-state index >= 15 is 0 Å². The third kappa shape index (κ3) is 3.22. The van der Waals surface area contributed by atoms with E-state index in [4.69, 9.17) is 26.8 Å². The zero-order chi connectivity index (χ0) is 14.5. The lowest BCUT2D eigenvalue weighted by atomic mass is 10.1. The van der Waals surface area contributed by atoms with E-state index in [0.29, 0.717) is 22.1 Å². The highest BCUT2D eigenvalue weighted by atomic mass is 35.5. The van der Waals surface area contributed by atoms with Gasteiger partial charge in [0, 0.05) is 11.1 Å². The molecule has 0 radical (unpaired) electrons. The third-order valence-corrected chi connectivity index (χ3v) is 3.10. The second kappa shape index (κ2) is 6.30. The number of hydrogen-bond donors (Lipinski definition) is 1. The number of para-hydroxylation sites is 1. The Balaban J connectivity index is 2.22. The van der Waals surface area contributed by atoms with Crippen LogP contribution < -0.4 is 15.2 Å². The highest BCUT2D eigenvalue weighted by Crippen LogP contribution is 2.26. The van der Waals surface area contributed by atoms with Crippen LogP contribution >= 0.6 is 11.6 Å². The molecular weight excluding hydrogens is 278 g/mol. The van der Waals surface area contributed by atoms with E-state index in [1.807, 2.05) is 12.1 Å². The van der Waals surface area contributed by atoms with Gasteiger partial charge in [0.2, 0.25) is 5.91 Å². The highest BCUT2D eigenvalue weighted by molar-refractivity contribution is 6.32. The molecule has 2 rings (SSSR count). The van der Waals surface area contributed by atoms with Crippen molar-refractivity contribution in [3.8, 4) is 11.5 Å². The zero-order valence-electron chi connectivity index (χ0n) is 10.9.